The average molecular weight is 761 g/mol. The molecule has 10 aromatic rings. The number of aliphatic hydroxyl groups excluding tert-OH is 1. The first-order valence-electron chi connectivity index (χ1n) is 20.6. The van der Waals surface area contributed by atoms with E-state index >= 15 is 0 Å². The number of hydrogen-bond donors (Lipinski definition) is 1. The van der Waals surface area contributed by atoms with E-state index in [0.717, 1.165) is 41.2 Å². The van der Waals surface area contributed by atoms with Gasteiger partial charge in [-0.05, 0) is 119 Å². The summed E-state index contributed by atoms with van der Waals surface area (Å²) in [6.45, 7) is 0.752. The number of anilines is 2. The summed E-state index contributed by atoms with van der Waals surface area (Å²) in [6.07, 6.45) is 2.36. The molecule has 1 N–H and O–H groups in total. The summed E-state index contributed by atoms with van der Waals surface area (Å²) in [7, 11) is 0. The number of rotatable bonds is 6. The molecule has 0 radical (unpaired) electrons. The van der Waals surface area contributed by atoms with E-state index in [-0.39, 0.29) is 6.04 Å². The van der Waals surface area contributed by atoms with E-state index in [0.29, 0.717) is 5.92 Å². The lowest BCUT2D eigenvalue weighted by Gasteiger charge is -2.31. The Labute approximate surface area is 342 Å². The lowest BCUT2D eigenvalue weighted by Crippen LogP contribution is -2.35. The largest absolute Gasteiger partial charge is 0.384 e. The van der Waals surface area contributed by atoms with Crippen LogP contribution in [0.15, 0.2) is 193 Å². The van der Waals surface area contributed by atoms with Crippen LogP contribution in [0.25, 0.3) is 66.1 Å². The average Bonchev–Trinajstić information content (AvgIpc) is 3.93. The molecule has 2 aliphatic heterocycles. The summed E-state index contributed by atoms with van der Waals surface area (Å²) in [5.74, 6) is 0.342. The van der Waals surface area contributed by atoms with E-state index in [1.54, 1.807) is 0 Å². The fourth-order valence-corrected chi connectivity index (χ4v) is 10.0. The van der Waals surface area contributed by atoms with Gasteiger partial charge in [0.1, 0.15) is 6.10 Å². The number of hydrogen-bond acceptors (Lipinski definition) is 3. The molecule has 8 aromatic carbocycles. The highest BCUT2D eigenvalue weighted by atomic mass is 16.3. The van der Waals surface area contributed by atoms with Gasteiger partial charge in [0.05, 0.1) is 34.7 Å². The standard InChI is InChI=1S/C54H40N4O/c59-54(35-12-4-1-5-13-35)36-20-24-41(25-21-36)58-49-26-22-37(30-44(49)43-28-29-55-34-53(43)58)38-23-27-50-45(31-38)47-33-51-46(32-52(47)57(50)40-16-8-3-9-17-40)42-18-10-11-19-48(42)56(51)39-14-6-2-7-15-39/h1-27,29-33,43,53-54,59H,28,34H2. The highest BCUT2D eigenvalue weighted by Gasteiger charge is 2.40. The minimum atomic E-state index is -0.662. The molecular formula is C54H40N4O. The third-order valence-corrected chi connectivity index (χ3v) is 12.8. The first-order valence-corrected chi connectivity index (χ1v) is 20.6. The van der Waals surface area contributed by atoms with Crippen molar-refractivity contribution in [3.05, 3.63) is 205 Å². The van der Waals surface area contributed by atoms with Crippen molar-refractivity contribution in [1.29, 1.82) is 0 Å². The van der Waals surface area contributed by atoms with Crippen molar-refractivity contribution >= 4 is 61.2 Å². The number of benzene rings is 8. The zero-order chi connectivity index (χ0) is 39.0. The van der Waals surface area contributed by atoms with Crippen molar-refractivity contribution in [3.63, 3.8) is 0 Å². The molecule has 0 spiro atoms. The SMILES string of the molecule is OC(c1ccccc1)c1ccc(N2c3ccc(-c4ccc5c(c4)c4cc6c(cc4n5-c4ccccc4)c4ccccc4n6-c4ccccc4)cc3C3CC=NCC32)cc1. The summed E-state index contributed by atoms with van der Waals surface area (Å²) in [6, 6.07) is 67.7. The molecule has 2 aromatic heterocycles. The third-order valence-electron chi connectivity index (χ3n) is 12.8. The fourth-order valence-electron chi connectivity index (χ4n) is 10.0. The van der Waals surface area contributed by atoms with E-state index in [1.807, 2.05) is 30.3 Å². The van der Waals surface area contributed by atoms with E-state index in [9.17, 15) is 5.11 Å². The summed E-state index contributed by atoms with van der Waals surface area (Å²) < 4.78 is 4.84. The smallest absolute Gasteiger partial charge is 0.104 e. The predicted octanol–water partition coefficient (Wildman–Crippen LogP) is 12.7. The van der Waals surface area contributed by atoms with Crippen LogP contribution in [0.4, 0.5) is 11.4 Å². The normalized spacial score (nSPS) is 16.6. The molecular weight excluding hydrogens is 721 g/mol. The lowest BCUT2D eigenvalue weighted by atomic mass is 9.88. The van der Waals surface area contributed by atoms with E-state index in [2.05, 4.69) is 178 Å². The summed E-state index contributed by atoms with van der Waals surface area (Å²) in [4.78, 5) is 7.26. The third kappa shape index (κ3) is 5.32. The number of nitrogens with zero attached hydrogens (tertiary/aromatic N) is 4. The van der Waals surface area contributed by atoms with Gasteiger partial charge in [-0.3, -0.25) is 4.99 Å². The molecule has 0 saturated carbocycles. The Morgan fingerprint density at radius 3 is 1.75 bits per heavy atom. The zero-order valence-electron chi connectivity index (χ0n) is 32.4. The second-order valence-electron chi connectivity index (χ2n) is 16.0. The maximum atomic E-state index is 11.1. The number of aliphatic imine (C=N–C) groups is 1. The van der Waals surface area contributed by atoms with E-state index in [1.165, 1.54) is 66.0 Å². The Kier molecular flexibility index (Phi) is 7.72. The van der Waals surface area contributed by atoms with Crippen LogP contribution in [0, 0.1) is 0 Å². The van der Waals surface area contributed by atoms with Gasteiger partial charge in [-0.25, -0.2) is 0 Å². The summed E-state index contributed by atoms with van der Waals surface area (Å²) >= 11 is 0. The van der Waals surface area contributed by atoms with Gasteiger partial charge in [-0.2, -0.15) is 0 Å². The first kappa shape index (κ1) is 33.9. The molecule has 0 amide bonds. The van der Waals surface area contributed by atoms with Crippen LogP contribution in [0.1, 0.15) is 35.1 Å². The molecule has 0 bridgehead atoms. The van der Waals surface area contributed by atoms with Crippen molar-refractivity contribution in [2.75, 3.05) is 11.4 Å². The van der Waals surface area contributed by atoms with Gasteiger partial charge in [0.2, 0.25) is 0 Å². The highest BCUT2D eigenvalue weighted by Crippen LogP contribution is 2.49. The first-order chi connectivity index (χ1) is 29.2. The molecule has 2 aliphatic rings. The van der Waals surface area contributed by atoms with Gasteiger partial charge < -0.3 is 19.1 Å². The van der Waals surface area contributed by atoms with Gasteiger partial charge in [0.15, 0.2) is 0 Å². The second-order valence-corrected chi connectivity index (χ2v) is 16.0. The van der Waals surface area contributed by atoms with Crippen molar-refractivity contribution in [3.8, 4) is 22.5 Å². The molecule has 3 atom stereocenters. The Morgan fingerprint density at radius 1 is 0.475 bits per heavy atom. The molecule has 0 fully saturated rings. The van der Waals surface area contributed by atoms with Crippen molar-refractivity contribution in [1.82, 2.24) is 9.13 Å². The lowest BCUT2D eigenvalue weighted by molar-refractivity contribution is 0.220. The van der Waals surface area contributed by atoms with Crippen LogP contribution in [-0.4, -0.2) is 33.0 Å². The van der Waals surface area contributed by atoms with Crippen molar-refractivity contribution < 1.29 is 5.11 Å². The van der Waals surface area contributed by atoms with E-state index in [4.69, 9.17) is 4.99 Å². The quantitative estimate of drug-likeness (QED) is 0.183. The Bertz CT molecular complexity index is 3240. The molecule has 59 heavy (non-hydrogen) atoms. The van der Waals surface area contributed by atoms with Crippen LogP contribution < -0.4 is 4.90 Å². The number of aromatic nitrogens is 2. The maximum absolute atomic E-state index is 11.1. The monoisotopic (exact) mass is 760 g/mol. The maximum Gasteiger partial charge on any atom is 0.104 e. The molecule has 4 heterocycles. The molecule has 0 saturated heterocycles. The fraction of sp³-hybridized carbons (Fsp3) is 0.0926. The van der Waals surface area contributed by atoms with Crippen LogP contribution in [0.3, 0.4) is 0 Å². The van der Waals surface area contributed by atoms with E-state index < -0.39 is 6.10 Å². The number of aliphatic hydroxyl groups is 1. The number of fused-ring (bicyclic) bond motifs is 9. The van der Waals surface area contributed by atoms with Gasteiger partial charge in [-0.1, -0.05) is 109 Å². The minimum absolute atomic E-state index is 0.236. The van der Waals surface area contributed by atoms with Crippen molar-refractivity contribution in [2.45, 2.75) is 24.5 Å². The topological polar surface area (TPSA) is 45.7 Å². The molecule has 282 valence electrons. The second kappa shape index (κ2) is 13.4. The number of para-hydroxylation sites is 3. The Hall–Kier alpha value is -7.21. The predicted molar refractivity (Wildman–Crippen MR) is 244 cm³/mol. The van der Waals surface area contributed by atoms with Crippen LogP contribution in [0.2, 0.25) is 0 Å². The molecule has 12 rings (SSSR count). The summed E-state index contributed by atoms with van der Waals surface area (Å²) in [5, 5.41) is 16.1. The van der Waals surface area contributed by atoms with Gasteiger partial charge in [-0.15, -0.1) is 0 Å². The minimum Gasteiger partial charge on any atom is -0.384 e. The van der Waals surface area contributed by atoms with Gasteiger partial charge in [0, 0.05) is 50.2 Å². The Balaban J connectivity index is 1.00. The zero-order valence-corrected chi connectivity index (χ0v) is 32.4. The van der Waals surface area contributed by atoms with Crippen LogP contribution >= 0.6 is 0 Å². The van der Waals surface area contributed by atoms with Crippen molar-refractivity contribution in [2.24, 2.45) is 4.99 Å². The van der Waals surface area contributed by atoms with Gasteiger partial charge >= 0.3 is 0 Å². The summed E-state index contributed by atoms with van der Waals surface area (Å²) in [5.41, 5.74) is 15.0. The molecule has 5 nitrogen and oxygen atoms in total. The molecule has 5 heteroatoms. The Morgan fingerprint density at radius 2 is 1.03 bits per heavy atom. The van der Waals surface area contributed by atoms with Crippen LogP contribution in [0.5, 0.6) is 0 Å². The molecule has 0 aliphatic carbocycles. The molecule has 3 unspecified atom stereocenters. The van der Waals surface area contributed by atoms with Crippen LogP contribution in [-0.2, 0) is 0 Å². The van der Waals surface area contributed by atoms with Gasteiger partial charge in [0.25, 0.3) is 0 Å². The highest BCUT2D eigenvalue weighted by molar-refractivity contribution is 6.19.